The van der Waals surface area contributed by atoms with E-state index in [-0.39, 0.29) is 0 Å². The van der Waals surface area contributed by atoms with Gasteiger partial charge in [-0.1, -0.05) is 37.3 Å². The molecule has 3 N–H and O–H groups in total. The predicted octanol–water partition coefficient (Wildman–Crippen LogP) is 3.86. The molecule has 5 nitrogen and oxygen atoms in total. The molecule has 0 saturated carbocycles. The number of para-hydroxylation sites is 1. The lowest BCUT2D eigenvalue weighted by Crippen LogP contribution is -2.23. The van der Waals surface area contributed by atoms with Crippen molar-refractivity contribution >= 4 is 11.6 Å². The van der Waals surface area contributed by atoms with Gasteiger partial charge in [0, 0.05) is 23.9 Å². The number of nitrogens with one attached hydrogen (secondary N) is 1. The maximum absolute atomic E-state index is 6.06. The van der Waals surface area contributed by atoms with E-state index < -0.39 is 0 Å². The summed E-state index contributed by atoms with van der Waals surface area (Å²) in [5.74, 6) is 1.24. The van der Waals surface area contributed by atoms with Crippen molar-refractivity contribution in [1.29, 1.82) is 0 Å². The van der Waals surface area contributed by atoms with Crippen LogP contribution < -0.4 is 15.8 Å². The average molecular weight is 341 g/mol. The van der Waals surface area contributed by atoms with Crippen LogP contribution in [-0.4, -0.2) is 19.7 Å². The van der Waals surface area contributed by atoms with Crippen molar-refractivity contribution in [2.24, 2.45) is 10.7 Å². The molecule has 0 heterocycles. The van der Waals surface area contributed by atoms with Crippen LogP contribution in [0.4, 0.5) is 5.69 Å². The summed E-state index contributed by atoms with van der Waals surface area (Å²) in [6, 6.07) is 14.0. The van der Waals surface area contributed by atoms with Crippen molar-refractivity contribution in [3.05, 3.63) is 59.2 Å². The Balaban J connectivity index is 2.09. The molecule has 25 heavy (non-hydrogen) atoms. The van der Waals surface area contributed by atoms with Crippen molar-refractivity contribution in [3.8, 4) is 5.75 Å². The Morgan fingerprint density at radius 2 is 1.96 bits per heavy atom. The van der Waals surface area contributed by atoms with Gasteiger partial charge in [0.25, 0.3) is 0 Å². The normalized spacial score (nSPS) is 11.4. The first-order valence-corrected chi connectivity index (χ1v) is 8.50. The van der Waals surface area contributed by atoms with E-state index in [1.165, 1.54) is 5.56 Å². The quantitative estimate of drug-likeness (QED) is 0.565. The Morgan fingerprint density at radius 3 is 2.72 bits per heavy atom. The van der Waals surface area contributed by atoms with Gasteiger partial charge < -0.3 is 20.5 Å². The molecule has 134 valence electrons. The third-order valence-corrected chi connectivity index (χ3v) is 3.68. The second-order valence-corrected chi connectivity index (χ2v) is 5.88. The molecule has 0 amide bonds. The lowest BCUT2D eigenvalue weighted by Gasteiger charge is -2.12. The number of rotatable bonds is 8. The van der Waals surface area contributed by atoms with Crippen LogP contribution in [0.2, 0.25) is 0 Å². The maximum Gasteiger partial charge on any atom is 0.193 e. The minimum absolute atomic E-state index is 0.366. The standard InChI is InChI=1S/C20H27N3O2/c1-4-11-25-19-12-15(2)9-10-16(19)13-22-20(21)23-18-8-6-5-7-17(18)14-24-3/h5-10,12H,4,11,13-14H2,1-3H3,(H3,21,22,23). The Hall–Kier alpha value is -2.53. The molecule has 2 aromatic carbocycles. The van der Waals surface area contributed by atoms with E-state index in [1.54, 1.807) is 7.11 Å². The van der Waals surface area contributed by atoms with Crippen molar-refractivity contribution in [2.75, 3.05) is 19.0 Å². The molecule has 2 aromatic rings. The van der Waals surface area contributed by atoms with E-state index in [2.05, 4.69) is 30.2 Å². The number of ether oxygens (including phenoxy) is 2. The molecular weight excluding hydrogens is 314 g/mol. The van der Waals surface area contributed by atoms with Gasteiger partial charge in [-0.15, -0.1) is 0 Å². The topological polar surface area (TPSA) is 68.9 Å². The fourth-order valence-electron chi connectivity index (χ4n) is 2.41. The Bertz CT molecular complexity index is 714. The molecule has 0 aliphatic heterocycles. The first-order chi connectivity index (χ1) is 12.1. The minimum atomic E-state index is 0.366. The number of anilines is 1. The molecule has 0 aliphatic carbocycles. The number of nitrogens with two attached hydrogens (primary N) is 1. The smallest absolute Gasteiger partial charge is 0.193 e. The van der Waals surface area contributed by atoms with E-state index in [0.29, 0.717) is 25.7 Å². The summed E-state index contributed by atoms with van der Waals surface area (Å²) < 4.78 is 11.0. The van der Waals surface area contributed by atoms with E-state index in [0.717, 1.165) is 29.0 Å². The van der Waals surface area contributed by atoms with Gasteiger partial charge >= 0.3 is 0 Å². The van der Waals surface area contributed by atoms with Gasteiger partial charge in [-0.3, -0.25) is 0 Å². The average Bonchev–Trinajstić information content (AvgIpc) is 2.61. The van der Waals surface area contributed by atoms with Crippen LogP contribution in [0.5, 0.6) is 5.75 Å². The molecule has 0 bridgehead atoms. The molecule has 0 aliphatic rings. The summed E-state index contributed by atoms with van der Waals surface area (Å²) in [6.07, 6.45) is 0.969. The largest absolute Gasteiger partial charge is 0.493 e. The second-order valence-electron chi connectivity index (χ2n) is 5.88. The maximum atomic E-state index is 6.06. The summed E-state index contributed by atoms with van der Waals surface area (Å²) in [7, 11) is 1.67. The number of nitrogens with zero attached hydrogens (tertiary/aromatic N) is 1. The fraction of sp³-hybridized carbons (Fsp3) is 0.350. The van der Waals surface area contributed by atoms with Crippen molar-refractivity contribution in [1.82, 2.24) is 0 Å². The first-order valence-electron chi connectivity index (χ1n) is 8.50. The van der Waals surface area contributed by atoms with E-state index in [4.69, 9.17) is 15.2 Å². The summed E-state index contributed by atoms with van der Waals surface area (Å²) in [4.78, 5) is 4.45. The Kier molecular flexibility index (Phi) is 7.29. The van der Waals surface area contributed by atoms with Gasteiger partial charge in [0.2, 0.25) is 0 Å². The van der Waals surface area contributed by atoms with Crippen LogP contribution >= 0.6 is 0 Å². The molecule has 0 saturated heterocycles. The zero-order valence-corrected chi connectivity index (χ0v) is 15.2. The van der Waals surface area contributed by atoms with Crippen LogP contribution in [0.1, 0.15) is 30.0 Å². The number of aryl methyl sites for hydroxylation is 1. The molecule has 0 spiro atoms. The van der Waals surface area contributed by atoms with E-state index in [1.807, 2.05) is 36.4 Å². The first kappa shape index (κ1) is 18.8. The Labute approximate surface area is 149 Å². The number of hydrogen-bond acceptors (Lipinski definition) is 3. The number of benzene rings is 2. The zero-order valence-electron chi connectivity index (χ0n) is 15.2. The lowest BCUT2D eigenvalue weighted by atomic mass is 10.1. The highest BCUT2D eigenvalue weighted by molar-refractivity contribution is 5.92. The fourth-order valence-corrected chi connectivity index (χ4v) is 2.41. The molecule has 0 fully saturated rings. The van der Waals surface area contributed by atoms with E-state index in [9.17, 15) is 0 Å². The molecule has 0 unspecified atom stereocenters. The predicted molar refractivity (Wildman–Crippen MR) is 103 cm³/mol. The highest BCUT2D eigenvalue weighted by Crippen LogP contribution is 2.22. The third-order valence-electron chi connectivity index (χ3n) is 3.68. The van der Waals surface area contributed by atoms with Gasteiger partial charge in [-0.2, -0.15) is 0 Å². The summed E-state index contributed by atoms with van der Waals surface area (Å²) in [6.45, 7) is 5.81. The van der Waals surface area contributed by atoms with Gasteiger partial charge in [0.05, 0.1) is 19.8 Å². The van der Waals surface area contributed by atoms with Gasteiger partial charge in [-0.05, 0) is 31.0 Å². The molecule has 0 atom stereocenters. The van der Waals surface area contributed by atoms with Gasteiger partial charge in [-0.25, -0.2) is 4.99 Å². The van der Waals surface area contributed by atoms with Crippen LogP contribution in [-0.2, 0) is 17.9 Å². The molecular formula is C20H27N3O2. The number of methoxy groups -OCH3 is 1. The summed E-state index contributed by atoms with van der Waals surface area (Å²) >= 11 is 0. The highest BCUT2D eigenvalue weighted by Gasteiger charge is 2.05. The van der Waals surface area contributed by atoms with Crippen LogP contribution in [0, 0.1) is 6.92 Å². The van der Waals surface area contributed by atoms with Gasteiger partial charge in [0.1, 0.15) is 5.75 Å². The number of guanidine groups is 1. The SMILES string of the molecule is CCCOc1cc(C)ccc1CN=C(N)Nc1ccccc1COC. The summed E-state index contributed by atoms with van der Waals surface area (Å²) in [5, 5.41) is 3.15. The number of aliphatic imine (C=N–C) groups is 1. The van der Waals surface area contributed by atoms with Crippen LogP contribution in [0.25, 0.3) is 0 Å². The lowest BCUT2D eigenvalue weighted by molar-refractivity contribution is 0.185. The third kappa shape index (κ3) is 5.80. The molecule has 5 heteroatoms. The van der Waals surface area contributed by atoms with Crippen molar-refractivity contribution in [3.63, 3.8) is 0 Å². The van der Waals surface area contributed by atoms with Crippen LogP contribution in [0.3, 0.4) is 0 Å². The monoisotopic (exact) mass is 341 g/mol. The number of hydrogen-bond donors (Lipinski definition) is 2. The minimum Gasteiger partial charge on any atom is -0.493 e. The van der Waals surface area contributed by atoms with Gasteiger partial charge in [0.15, 0.2) is 5.96 Å². The van der Waals surface area contributed by atoms with Crippen molar-refractivity contribution < 1.29 is 9.47 Å². The Morgan fingerprint density at radius 1 is 1.16 bits per heavy atom. The van der Waals surface area contributed by atoms with Crippen LogP contribution in [0.15, 0.2) is 47.5 Å². The van der Waals surface area contributed by atoms with Crippen molar-refractivity contribution in [2.45, 2.75) is 33.4 Å². The molecule has 0 radical (unpaired) electrons. The molecule has 0 aromatic heterocycles. The highest BCUT2D eigenvalue weighted by atomic mass is 16.5. The summed E-state index contributed by atoms with van der Waals surface area (Å²) in [5.41, 5.74) is 10.2. The van der Waals surface area contributed by atoms with E-state index >= 15 is 0 Å². The zero-order chi connectivity index (χ0) is 18.1. The molecule has 2 rings (SSSR count). The second kappa shape index (κ2) is 9.69.